The van der Waals surface area contributed by atoms with E-state index in [1.807, 2.05) is 0 Å². The first-order valence-electron chi connectivity index (χ1n) is 10.8. The molecule has 1 unspecified atom stereocenters. The van der Waals surface area contributed by atoms with Crippen LogP contribution in [0.4, 0.5) is 14.6 Å². The molecule has 1 heterocycles. The Bertz CT molecular complexity index is 1090. The van der Waals surface area contributed by atoms with Crippen molar-refractivity contribution in [2.45, 2.75) is 64.4 Å². The molecule has 1 aliphatic rings. The maximum absolute atomic E-state index is 13.7. The predicted molar refractivity (Wildman–Crippen MR) is 118 cm³/mol. The molecule has 2 aromatic rings. The van der Waals surface area contributed by atoms with Crippen LogP contribution in [0.15, 0.2) is 18.2 Å². The van der Waals surface area contributed by atoms with Gasteiger partial charge in [-0.05, 0) is 51.7 Å². The maximum Gasteiger partial charge on any atom is 0.359 e. The van der Waals surface area contributed by atoms with Crippen LogP contribution in [0, 0.1) is 11.6 Å². The Labute approximate surface area is 199 Å². The quantitative estimate of drug-likeness (QED) is 0.419. The number of hydrogen-bond acceptors (Lipinski definition) is 6. The minimum Gasteiger partial charge on any atom is -0.458 e. The van der Waals surface area contributed by atoms with E-state index in [1.54, 1.807) is 13.8 Å². The third-order valence-electron chi connectivity index (χ3n) is 5.13. The van der Waals surface area contributed by atoms with Gasteiger partial charge < -0.3 is 20.5 Å². The summed E-state index contributed by atoms with van der Waals surface area (Å²) in [6, 6.07) is 2.46. The number of halogens is 3. The summed E-state index contributed by atoms with van der Waals surface area (Å²) >= 11 is 5.89. The van der Waals surface area contributed by atoms with Crippen LogP contribution in [-0.4, -0.2) is 39.8 Å². The number of anilines is 1. The molecular weight excluding hydrogens is 474 g/mol. The zero-order valence-electron chi connectivity index (χ0n) is 18.6. The molecule has 1 aromatic heterocycles. The van der Waals surface area contributed by atoms with E-state index in [-0.39, 0.29) is 28.2 Å². The van der Waals surface area contributed by atoms with Crippen LogP contribution in [0.1, 0.15) is 73.0 Å². The molecule has 2 amide bonds. The number of hydrogen-bond donors (Lipinski definition) is 2. The van der Waals surface area contributed by atoms with E-state index >= 15 is 0 Å². The summed E-state index contributed by atoms with van der Waals surface area (Å²) < 4.78 is 39.0. The van der Waals surface area contributed by atoms with Crippen molar-refractivity contribution in [3.05, 3.63) is 46.1 Å². The average Bonchev–Trinajstić information content (AvgIpc) is 3.18. The molecule has 1 aromatic carbocycles. The highest BCUT2D eigenvalue weighted by atomic mass is 35.5. The van der Waals surface area contributed by atoms with Crippen LogP contribution in [0.25, 0.3) is 0 Å². The molecule has 1 aliphatic carbocycles. The summed E-state index contributed by atoms with van der Waals surface area (Å²) in [5.74, 6) is -5.29. The lowest BCUT2D eigenvalue weighted by Crippen LogP contribution is -2.33. The first kappa shape index (κ1) is 25.6. The van der Waals surface area contributed by atoms with Crippen molar-refractivity contribution in [3.8, 4) is 0 Å². The monoisotopic (exact) mass is 498 g/mol. The molecular formula is C22H25ClF2N4O5. The van der Waals surface area contributed by atoms with Crippen molar-refractivity contribution >= 4 is 35.2 Å². The van der Waals surface area contributed by atoms with Crippen molar-refractivity contribution in [2.75, 3.05) is 5.32 Å². The standard InChI is InChI=1S/C22H25ClF2N4O5/c1-11(2)33-21(19(26)30)29-18(27-20(31)13-8-15(24)16(25)9-14(13)23)10-17(28-29)22(32)34-12-6-4-3-5-7-12/h8-12,21H,3-7H2,1-2H3,(H2,26,30)(H,27,31). The predicted octanol–water partition coefficient (Wildman–Crippen LogP) is 3.97. The molecule has 0 saturated heterocycles. The Morgan fingerprint density at radius 3 is 2.41 bits per heavy atom. The highest BCUT2D eigenvalue weighted by Crippen LogP contribution is 2.26. The van der Waals surface area contributed by atoms with Gasteiger partial charge in [-0.1, -0.05) is 18.0 Å². The normalized spacial score (nSPS) is 15.2. The Morgan fingerprint density at radius 1 is 1.15 bits per heavy atom. The van der Waals surface area contributed by atoms with Gasteiger partial charge in [0.15, 0.2) is 17.3 Å². The zero-order chi connectivity index (χ0) is 25.0. The van der Waals surface area contributed by atoms with E-state index in [4.69, 9.17) is 26.8 Å². The third kappa shape index (κ3) is 6.09. The van der Waals surface area contributed by atoms with Gasteiger partial charge in [-0.25, -0.2) is 18.3 Å². The largest absolute Gasteiger partial charge is 0.458 e. The van der Waals surface area contributed by atoms with E-state index in [0.29, 0.717) is 12.1 Å². The SMILES string of the molecule is CC(C)OC(C(N)=O)n1nc(C(=O)OC2CCCCC2)cc1NC(=O)c1cc(F)c(F)cc1Cl. The Kier molecular flexibility index (Phi) is 8.21. The molecule has 0 aliphatic heterocycles. The summed E-state index contributed by atoms with van der Waals surface area (Å²) in [5, 5.41) is 6.14. The molecule has 34 heavy (non-hydrogen) atoms. The molecule has 184 valence electrons. The number of amides is 2. The molecule has 0 bridgehead atoms. The van der Waals surface area contributed by atoms with Crippen molar-refractivity contribution in [3.63, 3.8) is 0 Å². The van der Waals surface area contributed by atoms with Gasteiger partial charge in [-0.2, -0.15) is 5.10 Å². The Morgan fingerprint density at radius 2 is 1.79 bits per heavy atom. The van der Waals surface area contributed by atoms with E-state index < -0.39 is 41.7 Å². The second kappa shape index (κ2) is 10.9. The number of rotatable bonds is 8. The fraction of sp³-hybridized carbons (Fsp3) is 0.455. The van der Waals surface area contributed by atoms with Crippen LogP contribution >= 0.6 is 11.6 Å². The molecule has 1 fully saturated rings. The smallest absolute Gasteiger partial charge is 0.359 e. The van der Waals surface area contributed by atoms with Gasteiger partial charge in [0.05, 0.1) is 16.7 Å². The number of nitrogens with one attached hydrogen (secondary N) is 1. The number of carbonyl (C=O) groups is 3. The van der Waals surface area contributed by atoms with Crippen LogP contribution in [0.3, 0.4) is 0 Å². The van der Waals surface area contributed by atoms with Gasteiger partial charge in [-0.3, -0.25) is 9.59 Å². The number of nitrogens with zero attached hydrogens (tertiary/aromatic N) is 2. The summed E-state index contributed by atoms with van der Waals surface area (Å²) in [6.07, 6.45) is 2.19. The maximum atomic E-state index is 13.7. The summed E-state index contributed by atoms with van der Waals surface area (Å²) in [7, 11) is 0. The van der Waals surface area contributed by atoms with Crippen molar-refractivity contribution < 1.29 is 32.6 Å². The van der Waals surface area contributed by atoms with Gasteiger partial charge in [0.25, 0.3) is 11.8 Å². The fourth-order valence-electron chi connectivity index (χ4n) is 3.54. The first-order chi connectivity index (χ1) is 16.1. The highest BCUT2D eigenvalue weighted by Gasteiger charge is 2.29. The molecule has 12 heteroatoms. The second-order valence-corrected chi connectivity index (χ2v) is 8.57. The lowest BCUT2D eigenvalue weighted by molar-refractivity contribution is -0.140. The summed E-state index contributed by atoms with van der Waals surface area (Å²) in [5.41, 5.74) is 4.88. The number of ether oxygens (including phenoxy) is 2. The molecule has 1 atom stereocenters. The lowest BCUT2D eigenvalue weighted by atomic mass is 9.98. The summed E-state index contributed by atoms with van der Waals surface area (Å²) in [6.45, 7) is 3.30. The van der Waals surface area contributed by atoms with Gasteiger partial charge in [0.1, 0.15) is 11.9 Å². The molecule has 0 radical (unpaired) electrons. The average molecular weight is 499 g/mol. The van der Waals surface area contributed by atoms with Gasteiger partial charge >= 0.3 is 5.97 Å². The summed E-state index contributed by atoms with van der Waals surface area (Å²) in [4.78, 5) is 37.5. The van der Waals surface area contributed by atoms with Crippen molar-refractivity contribution in [2.24, 2.45) is 5.73 Å². The molecule has 0 spiro atoms. The lowest BCUT2D eigenvalue weighted by Gasteiger charge is -2.21. The van der Waals surface area contributed by atoms with Gasteiger partial charge in [0, 0.05) is 6.07 Å². The molecule has 3 N–H and O–H groups in total. The Balaban J connectivity index is 1.94. The molecule has 1 saturated carbocycles. The topological polar surface area (TPSA) is 126 Å². The molecule has 3 rings (SSSR count). The van der Waals surface area contributed by atoms with E-state index in [2.05, 4.69) is 10.4 Å². The minimum atomic E-state index is -1.48. The highest BCUT2D eigenvalue weighted by molar-refractivity contribution is 6.34. The number of carbonyl (C=O) groups excluding carboxylic acids is 3. The first-order valence-corrected chi connectivity index (χ1v) is 11.2. The van der Waals surface area contributed by atoms with Gasteiger partial charge in [0.2, 0.25) is 6.23 Å². The Hall–Kier alpha value is -3.05. The zero-order valence-corrected chi connectivity index (χ0v) is 19.4. The van der Waals surface area contributed by atoms with Crippen molar-refractivity contribution in [1.29, 1.82) is 0 Å². The van der Waals surface area contributed by atoms with Crippen molar-refractivity contribution in [1.82, 2.24) is 9.78 Å². The minimum absolute atomic E-state index is 0.161. The van der Waals surface area contributed by atoms with Crippen LogP contribution in [0.2, 0.25) is 5.02 Å². The van der Waals surface area contributed by atoms with Crippen LogP contribution in [0.5, 0.6) is 0 Å². The number of nitrogens with two attached hydrogens (primary N) is 1. The van der Waals surface area contributed by atoms with Crippen LogP contribution < -0.4 is 11.1 Å². The number of aromatic nitrogens is 2. The number of primary amides is 1. The van der Waals surface area contributed by atoms with E-state index in [1.165, 1.54) is 6.07 Å². The fourth-order valence-corrected chi connectivity index (χ4v) is 3.78. The third-order valence-corrected chi connectivity index (χ3v) is 5.45. The van der Waals surface area contributed by atoms with Crippen LogP contribution in [-0.2, 0) is 14.3 Å². The number of benzene rings is 1. The second-order valence-electron chi connectivity index (χ2n) is 8.16. The van der Waals surface area contributed by atoms with E-state index in [9.17, 15) is 23.2 Å². The molecule has 9 nitrogen and oxygen atoms in total. The van der Waals surface area contributed by atoms with Gasteiger partial charge in [-0.15, -0.1) is 0 Å². The number of esters is 1. The van der Waals surface area contributed by atoms with E-state index in [0.717, 1.165) is 36.8 Å².